The zero-order valence-corrected chi connectivity index (χ0v) is 15.2. The van der Waals surface area contributed by atoms with Crippen LogP contribution in [0.2, 0.25) is 0 Å². The van der Waals surface area contributed by atoms with E-state index in [4.69, 9.17) is 0 Å². The fourth-order valence-corrected chi connectivity index (χ4v) is 5.06. The zero-order chi connectivity index (χ0) is 18.8. The van der Waals surface area contributed by atoms with Crippen LogP contribution >= 0.6 is 7.44 Å². The maximum atomic E-state index is 13.0. The minimum atomic E-state index is -4.66. The van der Waals surface area contributed by atoms with E-state index in [1.165, 1.54) is 0 Å². The summed E-state index contributed by atoms with van der Waals surface area (Å²) in [4.78, 5) is 3.36. The summed E-state index contributed by atoms with van der Waals surface area (Å²) in [5.74, 6) is -1.49. The fourth-order valence-electron chi connectivity index (χ4n) is 2.88. The summed E-state index contributed by atoms with van der Waals surface area (Å²) in [5, 5.41) is 6.53. The van der Waals surface area contributed by atoms with Crippen molar-refractivity contribution >= 4 is 7.44 Å². The van der Waals surface area contributed by atoms with E-state index < -0.39 is 19.5 Å². The summed E-state index contributed by atoms with van der Waals surface area (Å²) < 4.78 is 56.8. The zero-order valence-electron chi connectivity index (χ0n) is 14.3. The van der Waals surface area contributed by atoms with Crippen molar-refractivity contribution in [2.24, 2.45) is 0 Å². The molecule has 1 unspecified atom stereocenters. The molecule has 26 heavy (non-hydrogen) atoms. The van der Waals surface area contributed by atoms with Crippen molar-refractivity contribution in [3.8, 4) is 11.4 Å². The molecule has 0 spiro atoms. The summed E-state index contributed by atoms with van der Waals surface area (Å²) in [7, 11) is -2.58. The van der Waals surface area contributed by atoms with Gasteiger partial charge in [0, 0.05) is 31.4 Å². The summed E-state index contributed by atoms with van der Waals surface area (Å²) >= 11 is 0. The van der Waals surface area contributed by atoms with Crippen molar-refractivity contribution in [1.82, 2.24) is 19.9 Å². The van der Waals surface area contributed by atoms with Gasteiger partial charge in [-0.1, -0.05) is 36.3 Å². The average Bonchev–Trinajstić information content (AvgIpc) is 3.31. The molecule has 6 nitrogen and oxygen atoms in total. The average molecular weight is 388 g/mol. The summed E-state index contributed by atoms with van der Waals surface area (Å²) in [6.45, 7) is 4.01. The first-order valence-electron chi connectivity index (χ1n) is 8.41. The van der Waals surface area contributed by atoms with Crippen molar-refractivity contribution in [2.45, 2.75) is 32.5 Å². The first-order chi connectivity index (χ1) is 12.3. The number of aromatic nitrogens is 2. The molecule has 1 atom stereocenters. The molecule has 1 aromatic carbocycles. The van der Waals surface area contributed by atoms with E-state index in [-0.39, 0.29) is 5.82 Å². The molecule has 3 rings (SSSR count). The number of halogens is 3. The van der Waals surface area contributed by atoms with E-state index in [1.54, 1.807) is 24.3 Å². The van der Waals surface area contributed by atoms with E-state index in [9.17, 15) is 17.7 Å². The summed E-state index contributed by atoms with van der Waals surface area (Å²) in [6.07, 6.45) is -1.99. The predicted octanol–water partition coefficient (Wildman–Crippen LogP) is 4.15. The number of hydrogen-bond acceptors (Lipinski definition) is 4. The molecule has 1 saturated heterocycles. The van der Waals surface area contributed by atoms with Gasteiger partial charge in [0.1, 0.15) is 0 Å². The van der Waals surface area contributed by atoms with E-state index in [0.717, 1.165) is 31.5 Å². The standard InChI is InChI=1S/C16H20F3N4O2P/c1-2-26(24,23-9-3-4-10-23)20-11-12-5-7-13(8-6-12)14-21-15(25-22-14)16(17,18)19/h5-8H,2-4,9-11H2,1H3,(H,20,24). The van der Waals surface area contributed by atoms with E-state index in [2.05, 4.69) is 19.8 Å². The quantitative estimate of drug-likeness (QED) is 0.750. The fraction of sp³-hybridized carbons (Fsp3) is 0.500. The number of hydrogen-bond donors (Lipinski definition) is 1. The Morgan fingerprint density at radius 2 is 1.88 bits per heavy atom. The van der Waals surface area contributed by atoms with Crippen LogP contribution in [0, 0.1) is 0 Å². The molecule has 142 valence electrons. The molecular weight excluding hydrogens is 368 g/mol. The first-order valence-corrected chi connectivity index (χ1v) is 10.3. The number of nitrogens with zero attached hydrogens (tertiary/aromatic N) is 3. The van der Waals surface area contributed by atoms with Gasteiger partial charge in [-0.05, 0) is 18.4 Å². The van der Waals surface area contributed by atoms with Crippen LogP contribution in [0.25, 0.3) is 11.4 Å². The third kappa shape index (κ3) is 4.16. The third-order valence-corrected chi connectivity index (χ3v) is 7.20. The molecule has 0 aliphatic carbocycles. The number of nitrogens with one attached hydrogen (secondary N) is 1. The van der Waals surface area contributed by atoms with E-state index in [1.807, 2.05) is 11.6 Å². The Bertz CT molecular complexity index is 786. The van der Waals surface area contributed by atoms with Gasteiger partial charge in [0.15, 0.2) is 0 Å². The third-order valence-electron chi connectivity index (χ3n) is 4.38. The Morgan fingerprint density at radius 3 is 2.42 bits per heavy atom. The van der Waals surface area contributed by atoms with Gasteiger partial charge in [-0.15, -0.1) is 0 Å². The van der Waals surface area contributed by atoms with Crippen LogP contribution < -0.4 is 5.09 Å². The Hall–Kier alpha value is -1.70. The predicted molar refractivity (Wildman–Crippen MR) is 90.5 cm³/mol. The van der Waals surface area contributed by atoms with Crippen LogP contribution in [0.3, 0.4) is 0 Å². The van der Waals surface area contributed by atoms with Crippen molar-refractivity contribution in [3.63, 3.8) is 0 Å². The monoisotopic (exact) mass is 388 g/mol. The minimum absolute atomic E-state index is 0.117. The molecule has 2 heterocycles. The van der Waals surface area contributed by atoms with Gasteiger partial charge in [-0.3, -0.25) is 9.65 Å². The van der Waals surface area contributed by atoms with Crippen LogP contribution in [0.4, 0.5) is 13.2 Å². The van der Waals surface area contributed by atoms with Crippen molar-refractivity contribution < 1.29 is 22.3 Å². The molecule has 1 N–H and O–H groups in total. The second-order valence-electron chi connectivity index (χ2n) is 6.13. The van der Waals surface area contributed by atoms with Crippen LogP contribution in [0.5, 0.6) is 0 Å². The van der Waals surface area contributed by atoms with Crippen LogP contribution in [-0.4, -0.2) is 34.1 Å². The normalized spacial score (nSPS) is 18.2. The molecule has 2 aromatic rings. The molecule has 1 aliphatic heterocycles. The maximum absolute atomic E-state index is 13.0. The SMILES string of the molecule is CCP(=O)(NCc1ccc(-c2noc(C(F)(F)F)n2)cc1)N1CCCC1. The Morgan fingerprint density at radius 1 is 1.23 bits per heavy atom. The van der Waals surface area contributed by atoms with E-state index >= 15 is 0 Å². The highest BCUT2D eigenvalue weighted by Gasteiger charge is 2.38. The molecule has 1 aliphatic rings. The molecular formula is C16H20F3N4O2P. The van der Waals surface area contributed by atoms with Gasteiger partial charge in [0.05, 0.1) is 0 Å². The second-order valence-corrected chi connectivity index (χ2v) is 9.05. The number of alkyl halides is 3. The molecule has 10 heteroatoms. The Labute approximate surface area is 149 Å². The Kier molecular flexibility index (Phi) is 5.50. The van der Waals surface area contributed by atoms with Gasteiger partial charge >= 0.3 is 12.1 Å². The summed E-state index contributed by atoms with van der Waals surface area (Å²) in [6, 6.07) is 6.73. The Balaban J connectivity index is 1.66. The van der Waals surface area contributed by atoms with Crippen molar-refractivity contribution in [3.05, 3.63) is 35.7 Å². The molecule has 0 radical (unpaired) electrons. The molecule has 0 bridgehead atoms. The van der Waals surface area contributed by atoms with Gasteiger partial charge < -0.3 is 4.52 Å². The smallest absolute Gasteiger partial charge is 0.329 e. The van der Waals surface area contributed by atoms with Gasteiger partial charge in [-0.2, -0.15) is 18.2 Å². The van der Waals surface area contributed by atoms with Gasteiger partial charge in [-0.25, -0.2) is 4.67 Å². The van der Waals surface area contributed by atoms with Crippen molar-refractivity contribution in [2.75, 3.05) is 19.3 Å². The lowest BCUT2D eigenvalue weighted by molar-refractivity contribution is -0.159. The maximum Gasteiger partial charge on any atom is 0.471 e. The molecule has 1 fully saturated rings. The summed E-state index contributed by atoms with van der Waals surface area (Å²) in [5.41, 5.74) is 1.30. The van der Waals surface area contributed by atoms with Crippen LogP contribution in [-0.2, 0) is 17.3 Å². The topological polar surface area (TPSA) is 71.3 Å². The number of rotatable bonds is 6. The first kappa shape index (κ1) is 19.1. The minimum Gasteiger partial charge on any atom is -0.329 e. The largest absolute Gasteiger partial charge is 0.471 e. The van der Waals surface area contributed by atoms with Crippen molar-refractivity contribution in [1.29, 1.82) is 0 Å². The molecule has 0 saturated carbocycles. The highest BCUT2D eigenvalue weighted by molar-refractivity contribution is 7.59. The molecule has 0 amide bonds. The number of benzene rings is 1. The second kappa shape index (κ2) is 7.50. The highest BCUT2D eigenvalue weighted by Crippen LogP contribution is 2.47. The van der Waals surface area contributed by atoms with E-state index in [0.29, 0.717) is 18.3 Å². The lowest BCUT2D eigenvalue weighted by atomic mass is 10.1. The van der Waals surface area contributed by atoms with Gasteiger partial charge in [0.2, 0.25) is 13.3 Å². The van der Waals surface area contributed by atoms with Gasteiger partial charge in [0.25, 0.3) is 0 Å². The lowest BCUT2D eigenvalue weighted by Gasteiger charge is -2.27. The van der Waals surface area contributed by atoms with Crippen LogP contribution in [0.1, 0.15) is 31.2 Å². The highest BCUT2D eigenvalue weighted by atomic mass is 31.2. The lowest BCUT2D eigenvalue weighted by Crippen LogP contribution is -2.26. The van der Waals surface area contributed by atoms with Crippen LogP contribution in [0.15, 0.2) is 28.8 Å². The molecule has 1 aromatic heterocycles.